The maximum atomic E-state index is 12.6. The third kappa shape index (κ3) is 2.97. The molecule has 7 heteroatoms. The zero-order chi connectivity index (χ0) is 15.6. The number of rotatable bonds is 4. The van der Waals surface area contributed by atoms with Crippen LogP contribution in [0.5, 0.6) is 0 Å². The number of benzene rings is 1. The van der Waals surface area contributed by atoms with E-state index < -0.39 is 11.0 Å². The second-order valence-corrected chi connectivity index (χ2v) is 5.25. The van der Waals surface area contributed by atoms with Crippen LogP contribution < -0.4 is 5.32 Å². The smallest absolute Gasteiger partial charge is 0.293 e. The second kappa shape index (κ2) is 6.09. The molecule has 1 amide bonds. The summed E-state index contributed by atoms with van der Waals surface area (Å²) >= 11 is 0. The molecule has 1 saturated heterocycles. The summed E-state index contributed by atoms with van der Waals surface area (Å²) in [7, 11) is 1.56. The summed E-state index contributed by atoms with van der Waals surface area (Å²) < 4.78 is 0. The zero-order valence-electron chi connectivity index (χ0n) is 12.1. The highest BCUT2D eigenvalue weighted by Gasteiger charge is 2.31. The van der Waals surface area contributed by atoms with Crippen LogP contribution in [-0.4, -0.2) is 47.1 Å². The summed E-state index contributed by atoms with van der Waals surface area (Å²) in [6.45, 7) is 2.74. The predicted octanol–water partition coefficient (Wildman–Crippen LogP) is 1.48. The van der Waals surface area contributed by atoms with Crippen molar-refractivity contribution in [2.24, 2.45) is 5.92 Å². The highest BCUT2D eigenvalue weighted by atomic mass is 16.6. The van der Waals surface area contributed by atoms with E-state index in [1.54, 1.807) is 24.9 Å². The van der Waals surface area contributed by atoms with Gasteiger partial charge >= 0.3 is 0 Å². The van der Waals surface area contributed by atoms with E-state index in [4.69, 9.17) is 0 Å². The van der Waals surface area contributed by atoms with Gasteiger partial charge in [0.1, 0.15) is 5.69 Å². The number of hydrogen-bond acceptors (Lipinski definition) is 5. The first-order valence-electron chi connectivity index (χ1n) is 6.88. The number of carbonyl (C=O) groups excluding carboxylic acids is 1. The minimum absolute atomic E-state index is 0.0608. The van der Waals surface area contributed by atoms with Crippen LogP contribution >= 0.6 is 0 Å². The average molecular weight is 293 g/mol. The van der Waals surface area contributed by atoms with Gasteiger partial charge in [-0.15, -0.1) is 0 Å². The first kappa shape index (κ1) is 15.2. The van der Waals surface area contributed by atoms with Crippen molar-refractivity contribution >= 4 is 17.3 Å². The quantitative estimate of drug-likeness (QED) is 0.647. The molecule has 1 aromatic carbocycles. The summed E-state index contributed by atoms with van der Waals surface area (Å²) in [5, 5.41) is 23.4. The Morgan fingerprint density at radius 1 is 1.57 bits per heavy atom. The molecule has 0 aromatic heterocycles. The molecular formula is C14H19N3O4. The fraction of sp³-hybridized carbons (Fsp3) is 0.500. The zero-order valence-corrected chi connectivity index (χ0v) is 12.1. The first-order chi connectivity index (χ1) is 9.95. The standard InChI is InChI=1S/C14H19N3O4/c1-9(18)10-6-7-16(8-10)14(19)11-4-3-5-12(17(20)21)13(11)15-2/h3-5,9-10,15,18H,6-8H2,1-2H3. The Bertz CT molecular complexity index is 559. The van der Waals surface area contributed by atoms with Crippen molar-refractivity contribution in [3.63, 3.8) is 0 Å². The van der Waals surface area contributed by atoms with Crippen LogP contribution in [0.1, 0.15) is 23.7 Å². The van der Waals surface area contributed by atoms with Crippen molar-refractivity contribution in [3.05, 3.63) is 33.9 Å². The van der Waals surface area contributed by atoms with Crippen LogP contribution in [0.2, 0.25) is 0 Å². The highest BCUT2D eigenvalue weighted by Crippen LogP contribution is 2.30. The van der Waals surface area contributed by atoms with Gasteiger partial charge < -0.3 is 15.3 Å². The highest BCUT2D eigenvalue weighted by molar-refractivity contribution is 6.01. The molecule has 114 valence electrons. The molecule has 0 aliphatic carbocycles. The Kier molecular flexibility index (Phi) is 4.42. The molecule has 0 spiro atoms. The molecule has 1 aliphatic heterocycles. The number of nitrogens with zero attached hydrogens (tertiary/aromatic N) is 2. The van der Waals surface area contributed by atoms with Crippen LogP contribution in [0, 0.1) is 16.0 Å². The van der Waals surface area contributed by atoms with Gasteiger partial charge in [-0.3, -0.25) is 14.9 Å². The molecular weight excluding hydrogens is 274 g/mol. The monoisotopic (exact) mass is 293 g/mol. The minimum atomic E-state index is -0.509. The minimum Gasteiger partial charge on any atom is -0.393 e. The number of aliphatic hydroxyl groups excluding tert-OH is 1. The van der Waals surface area contributed by atoms with Gasteiger partial charge in [0.25, 0.3) is 11.6 Å². The molecule has 1 aromatic rings. The van der Waals surface area contributed by atoms with Gasteiger partial charge in [0.15, 0.2) is 0 Å². The molecule has 0 radical (unpaired) electrons. The fourth-order valence-corrected chi connectivity index (χ4v) is 2.67. The molecule has 2 atom stereocenters. The van der Waals surface area contributed by atoms with Crippen LogP contribution in [0.15, 0.2) is 18.2 Å². The van der Waals surface area contributed by atoms with E-state index in [2.05, 4.69) is 5.32 Å². The maximum absolute atomic E-state index is 12.6. The third-order valence-electron chi connectivity index (χ3n) is 3.91. The molecule has 1 fully saturated rings. The molecule has 1 heterocycles. The third-order valence-corrected chi connectivity index (χ3v) is 3.91. The summed E-state index contributed by atoms with van der Waals surface area (Å²) in [4.78, 5) is 24.7. The molecule has 21 heavy (non-hydrogen) atoms. The van der Waals surface area contributed by atoms with Crippen molar-refractivity contribution in [1.82, 2.24) is 4.90 Å². The summed E-state index contributed by atoms with van der Waals surface area (Å²) in [6, 6.07) is 4.45. The van der Waals surface area contributed by atoms with E-state index in [1.807, 2.05) is 0 Å². The normalized spacial score (nSPS) is 19.4. The lowest BCUT2D eigenvalue weighted by atomic mass is 10.0. The van der Waals surface area contributed by atoms with E-state index in [1.165, 1.54) is 12.1 Å². The Hall–Kier alpha value is -2.15. The number of nitrogens with one attached hydrogen (secondary N) is 1. The molecule has 1 aliphatic rings. The first-order valence-corrected chi connectivity index (χ1v) is 6.88. The SMILES string of the molecule is CNc1c(C(=O)N2CCC(C(C)O)C2)cccc1[N+](=O)[O-]. The summed E-state index contributed by atoms with van der Waals surface area (Å²) in [5.74, 6) is -0.183. The second-order valence-electron chi connectivity index (χ2n) is 5.25. The molecule has 2 rings (SSSR count). The molecule has 0 saturated carbocycles. The van der Waals surface area contributed by atoms with Crippen molar-refractivity contribution in [1.29, 1.82) is 0 Å². The largest absolute Gasteiger partial charge is 0.393 e. The number of carbonyl (C=O) groups is 1. The Labute approximate surface area is 122 Å². The Balaban J connectivity index is 2.28. The number of anilines is 1. The average Bonchev–Trinajstić information content (AvgIpc) is 2.95. The topological polar surface area (TPSA) is 95.7 Å². The maximum Gasteiger partial charge on any atom is 0.293 e. The van der Waals surface area contributed by atoms with Gasteiger partial charge in [0, 0.05) is 32.1 Å². The number of amides is 1. The van der Waals surface area contributed by atoms with E-state index in [-0.39, 0.29) is 28.8 Å². The van der Waals surface area contributed by atoms with Gasteiger partial charge in [-0.1, -0.05) is 6.07 Å². The number of nitro groups is 1. The number of likely N-dealkylation sites (tertiary alicyclic amines) is 1. The van der Waals surface area contributed by atoms with Crippen molar-refractivity contribution in [2.75, 3.05) is 25.5 Å². The molecule has 2 unspecified atom stereocenters. The van der Waals surface area contributed by atoms with Crippen molar-refractivity contribution in [2.45, 2.75) is 19.4 Å². The fourth-order valence-electron chi connectivity index (χ4n) is 2.67. The Morgan fingerprint density at radius 3 is 2.81 bits per heavy atom. The van der Waals surface area contributed by atoms with Gasteiger partial charge in [0.2, 0.25) is 0 Å². The molecule has 7 nitrogen and oxygen atoms in total. The number of nitro benzene ring substituents is 1. The lowest BCUT2D eigenvalue weighted by molar-refractivity contribution is -0.384. The van der Waals surface area contributed by atoms with Crippen molar-refractivity contribution in [3.8, 4) is 0 Å². The Morgan fingerprint density at radius 2 is 2.29 bits per heavy atom. The van der Waals surface area contributed by atoms with Gasteiger partial charge in [-0.25, -0.2) is 0 Å². The van der Waals surface area contributed by atoms with Crippen LogP contribution in [0.25, 0.3) is 0 Å². The van der Waals surface area contributed by atoms with Gasteiger partial charge in [-0.2, -0.15) is 0 Å². The van der Waals surface area contributed by atoms with Crippen molar-refractivity contribution < 1.29 is 14.8 Å². The van der Waals surface area contributed by atoms with Gasteiger partial charge in [0.05, 0.1) is 16.6 Å². The predicted molar refractivity (Wildman–Crippen MR) is 78.3 cm³/mol. The number of aliphatic hydroxyl groups is 1. The van der Waals surface area contributed by atoms with E-state index >= 15 is 0 Å². The van der Waals surface area contributed by atoms with E-state index in [0.29, 0.717) is 13.1 Å². The van der Waals surface area contributed by atoms with Crippen LogP contribution in [-0.2, 0) is 0 Å². The van der Waals surface area contributed by atoms with Gasteiger partial charge in [-0.05, 0) is 19.4 Å². The molecule has 2 N–H and O–H groups in total. The van der Waals surface area contributed by atoms with Crippen LogP contribution in [0.4, 0.5) is 11.4 Å². The van der Waals surface area contributed by atoms with E-state index in [9.17, 15) is 20.0 Å². The summed E-state index contributed by atoms with van der Waals surface area (Å²) in [5.41, 5.74) is 0.403. The lowest BCUT2D eigenvalue weighted by Gasteiger charge is -2.19. The summed E-state index contributed by atoms with van der Waals surface area (Å²) in [6.07, 6.45) is 0.282. The number of para-hydroxylation sites is 1. The lowest BCUT2D eigenvalue weighted by Crippen LogP contribution is -2.31. The van der Waals surface area contributed by atoms with E-state index in [0.717, 1.165) is 6.42 Å². The van der Waals surface area contributed by atoms with Crippen LogP contribution in [0.3, 0.4) is 0 Å². The molecule has 0 bridgehead atoms. The number of hydrogen-bond donors (Lipinski definition) is 2.